The molecule has 0 heterocycles. The molecule has 1 rings (SSSR count). The van der Waals surface area contributed by atoms with E-state index in [0.29, 0.717) is 0 Å². The Bertz CT molecular complexity index is 374. The van der Waals surface area contributed by atoms with Crippen molar-refractivity contribution in [3.63, 3.8) is 0 Å². The normalized spacial score (nSPS) is 10.2. The molecule has 0 bridgehead atoms. The van der Waals surface area contributed by atoms with Gasteiger partial charge in [-0.25, -0.2) is 13.2 Å². The Morgan fingerprint density at radius 1 is 1.31 bits per heavy atom. The average Bonchev–Trinajstić information content (AvgIpc) is 2.07. The zero-order valence-electron chi connectivity index (χ0n) is 6.53. The van der Waals surface area contributed by atoms with E-state index < -0.39 is 34.5 Å². The highest BCUT2D eigenvalue weighted by Crippen LogP contribution is 2.18. The lowest BCUT2D eigenvalue weighted by Gasteiger charge is -2.07. The summed E-state index contributed by atoms with van der Waals surface area (Å²) in [7, 11) is 0. The van der Waals surface area contributed by atoms with Crippen molar-refractivity contribution in [3.05, 3.63) is 34.6 Å². The molecule has 0 unspecified atom stereocenters. The lowest BCUT2D eigenvalue weighted by Crippen LogP contribution is -2.24. The van der Waals surface area contributed by atoms with Crippen molar-refractivity contribution < 1.29 is 23.1 Å². The zero-order valence-corrected chi connectivity index (χ0v) is 6.53. The van der Waals surface area contributed by atoms with Gasteiger partial charge < -0.3 is 9.90 Å². The number of aromatic carboxylic acids is 1. The zero-order chi connectivity index (χ0) is 10.2. The number of hydrogen-bond donors (Lipinski definition) is 0. The number of halogens is 3. The molecule has 70 valence electrons. The molecule has 0 aliphatic heterocycles. The van der Waals surface area contributed by atoms with Gasteiger partial charge in [-0.3, -0.25) is 0 Å². The van der Waals surface area contributed by atoms with E-state index >= 15 is 0 Å². The Labute approximate surface area is 71.6 Å². The summed E-state index contributed by atoms with van der Waals surface area (Å²) in [5.41, 5.74) is -1.64. The van der Waals surface area contributed by atoms with Crippen molar-refractivity contribution in [2.75, 3.05) is 0 Å². The first kappa shape index (κ1) is 9.57. The Kier molecular flexibility index (Phi) is 2.27. The highest BCUT2D eigenvalue weighted by molar-refractivity contribution is 5.86. The molecule has 0 spiro atoms. The summed E-state index contributed by atoms with van der Waals surface area (Å²) in [5, 5.41) is 10.2. The molecule has 2 nitrogen and oxygen atoms in total. The van der Waals surface area contributed by atoms with E-state index in [1.54, 1.807) is 0 Å². The quantitative estimate of drug-likeness (QED) is 0.612. The minimum absolute atomic E-state index is 0.257. The van der Waals surface area contributed by atoms with Gasteiger partial charge in [0.1, 0.15) is 5.82 Å². The van der Waals surface area contributed by atoms with E-state index in [9.17, 15) is 23.1 Å². The number of carbonyl (C=O) groups excluding carboxylic acids is 1. The van der Waals surface area contributed by atoms with Gasteiger partial charge in [-0.2, -0.15) is 0 Å². The van der Waals surface area contributed by atoms with E-state index in [1.165, 1.54) is 0 Å². The summed E-state index contributed by atoms with van der Waals surface area (Å²) in [6.07, 6.45) is 0. The molecule has 0 aliphatic carbocycles. The number of hydrogen-bond acceptors (Lipinski definition) is 2. The number of carbonyl (C=O) groups is 1. The molecule has 0 amide bonds. The highest BCUT2D eigenvalue weighted by Gasteiger charge is 2.15. The maximum Gasteiger partial charge on any atom is 0.164 e. The summed E-state index contributed by atoms with van der Waals surface area (Å²) in [6, 6.07) is 0.257. The summed E-state index contributed by atoms with van der Waals surface area (Å²) >= 11 is 0. The maximum atomic E-state index is 12.9. The van der Waals surface area contributed by atoms with Crippen LogP contribution in [0.25, 0.3) is 0 Å². The molecule has 0 atom stereocenters. The van der Waals surface area contributed by atoms with E-state index in [0.717, 1.165) is 6.92 Å². The van der Waals surface area contributed by atoms with Crippen LogP contribution in [0.4, 0.5) is 13.2 Å². The van der Waals surface area contributed by atoms with Gasteiger partial charge in [0.15, 0.2) is 11.6 Å². The Balaban J connectivity index is 3.50. The van der Waals surface area contributed by atoms with Crippen LogP contribution in [-0.2, 0) is 0 Å². The number of benzene rings is 1. The van der Waals surface area contributed by atoms with Gasteiger partial charge in [0.05, 0.1) is 5.97 Å². The van der Waals surface area contributed by atoms with Gasteiger partial charge in [0.2, 0.25) is 0 Å². The third kappa shape index (κ3) is 1.49. The third-order valence-electron chi connectivity index (χ3n) is 1.60. The largest absolute Gasteiger partial charge is 0.545 e. The maximum absolute atomic E-state index is 12.9. The second kappa shape index (κ2) is 3.08. The summed E-state index contributed by atoms with van der Waals surface area (Å²) < 4.78 is 38.0. The topological polar surface area (TPSA) is 40.1 Å². The first-order chi connectivity index (χ1) is 5.95. The van der Waals surface area contributed by atoms with Crippen molar-refractivity contribution in [1.29, 1.82) is 0 Å². The molecule has 0 aliphatic rings. The molecule has 1 aromatic carbocycles. The van der Waals surface area contributed by atoms with Gasteiger partial charge in [0, 0.05) is 11.1 Å². The van der Waals surface area contributed by atoms with Gasteiger partial charge in [-0.15, -0.1) is 0 Å². The van der Waals surface area contributed by atoms with Gasteiger partial charge in [0.25, 0.3) is 0 Å². The fourth-order valence-corrected chi connectivity index (χ4v) is 0.879. The SMILES string of the molecule is Cc1c(F)c(F)cc(C(=O)[O-])c1F. The molecule has 0 N–H and O–H groups in total. The minimum atomic E-state index is -1.88. The van der Waals surface area contributed by atoms with Crippen LogP contribution in [0.3, 0.4) is 0 Å². The van der Waals surface area contributed by atoms with Crippen LogP contribution in [0.5, 0.6) is 0 Å². The molecular weight excluding hydrogens is 185 g/mol. The Morgan fingerprint density at radius 3 is 2.31 bits per heavy atom. The molecule has 13 heavy (non-hydrogen) atoms. The van der Waals surface area contributed by atoms with Crippen molar-refractivity contribution in [2.45, 2.75) is 6.92 Å². The number of carboxylic acid groups (broad SMARTS) is 1. The lowest BCUT2D eigenvalue weighted by atomic mass is 10.1. The van der Waals surface area contributed by atoms with Crippen LogP contribution < -0.4 is 5.11 Å². The second-order valence-corrected chi connectivity index (χ2v) is 2.45. The molecule has 0 fully saturated rings. The van der Waals surface area contributed by atoms with Crippen LogP contribution in [0, 0.1) is 24.4 Å². The highest BCUT2D eigenvalue weighted by atomic mass is 19.2. The summed E-state index contributed by atoms with van der Waals surface area (Å²) in [4.78, 5) is 10.2. The number of carboxylic acids is 1. The molecule has 0 radical (unpaired) electrons. The fraction of sp³-hybridized carbons (Fsp3) is 0.125. The smallest absolute Gasteiger partial charge is 0.164 e. The van der Waals surface area contributed by atoms with Gasteiger partial charge in [-0.1, -0.05) is 0 Å². The Hall–Kier alpha value is -1.52. The van der Waals surface area contributed by atoms with Crippen molar-refractivity contribution >= 4 is 5.97 Å². The molecule has 1 aromatic rings. The standard InChI is InChI=1S/C8H5F3O2/c1-3-6(10)4(8(12)13)2-5(9)7(3)11/h2H,1H3,(H,12,13)/p-1. The van der Waals surface area contributed by atoms with Crippen molar-refractivity contribution in [3.8, 4) is 0 Å². The van der Waals surface area contributed by atoms with E-state index in [2.05, 4.69) is 0 Å². The van der Waals surface area contributed by atoms with E-state index in [4.69, 9.17) is 0 Å². The second-order valence-electron chi connectivity index (χ2n) is 2.45. The molecular formula is C8H4F3O2-. The summed E-state index contributed by atoms with van der Waals surface area (Å²) in [6.45, 7) is 0.945. The summed E-state index contributed by atoms with van der Waals surface area (Å²) in [5.74, 6) is -5.97. The van der Waals surface area contributed by atoms with Gasteiger partial charge >= 0.3 is 0 Å². The molecule has 0 saturated heterocycles. The molecule has 5 heteroatoms. The Morgan fingerprint density at radius 2 is 1.85 bits per heavy atom. The lowest BCUT2D eigenvalue weighted by molar-refractivity contribution is -0.255. The average molecular weight is 189 g/mol. The van der Waals surface area contributed by atoms with E-state index in [1.807, 2.05) is 0 Å². The monoisotopic (exact) mass is 189 g/mol. The molecule has 0 saturated carbocycles. The molecule has 0 aromatic heterocycles. The van der Waals surface area contributed by atoms with Crippen LogP contribution in [0.15, 0.2) is 6.07 Å². The fourth-order valence-electron chi connectivity index (χ4n) is 0.879. The first-order valence-corrected chi connectivity index (χ1v) is 3.30. The van der Waals surface area contributed by atoms with Crippen LogP contribution in [0.2, 0.25) is 0 Å². The first-order valence-electron chi connectivity index (χ1n) is 3.30. The predicted molar refractivity (Wildman–Crippen MR) is 35.4 cm³/mol. The van der Waals surface area contributed by atoms with Crippen LogP contribution in [0.1, 0.15) is 15.9 Å². The van der Waals surface area contributed by atoms with Crippen molar-refractivity contribution in [1.82, 2.24) is 0 Å². The van der Waals surface area contributed by atoms with Gasteiger partial charge in [-0.05, 0) is 13.0 Å². The van der Waals surface area contributed by atoms with E-state index in [-0.39, 0.29) is 6.07 Å². The van der Waals surface area contributed by atoms with Crippen LogP contribution in [-0.4, -0.2) is 5.97 Å². The third-order valence-corrected chi connectivity index (χ3v) is 1.60. The minimum Gasteiger partial charge on any atom is -0.545 e. The number of rotatable bonds is 1. The van der Waals surface area contributed by atoms with Crippen LogP contribution >= 0.6 is 0 Å². The van der Waals surface area contributed by atoms with Crippen molar-refractivity contribution in [2.24, 2.45) is 0 Å². The predicted octanol–water partition coefficient (Wildman–Crippen LogP) is 0.776.